The van der Waals surface area contributed by atoms with Gasteiger partial charge in [-0.15, -0.1) is 0 Å². The molecular weight excluding hydrogens is 266 g/mol. The van der Waals surface area contributed by atoms with Crippen LogP contribution in [0.15, 0.2) is 24.3 Å². The first-order valence-corrected chi connectivity index (χ1v) is 7.88. The zero-order chi connectivity index (χ0) is 15.1. The predicted molar refractivity (Wildman–Crippen MR) is 83.6 cm³/mol. The maximum atomic E-state index is 10.3. The Bertz CT molecular complexity index is 416. The number of benzene rings is 1. The number of rotatable bonds is 7. The van der Waals surface area contributed by atoms with Crippen molar-refractivity contribution < 1.29 is 14.6 Å². The average molecular weight is 293 g/mol. The molecule has 1 heterocycles. The zero-order valence-electron chi connectivity index (χ0n) is 13.0. The predicted octanol–water partition coefficient (Wildman–Crippen LogP) is 2.52. The monoisotopic (exact) mass is 293 g/mol. The summed E-state index contributed by atoms with van der Waals surface area (Å²) in [5.41, 5.74) is 0.896. The molecule has 1 saturated heterocycles. The Morgan fingerprint density at radius 2 is 2.10 bits per heavy atom. The van der Waals surface area contributed by atoms with E-state index in [0.717, 1.165) is 43.9 Å². The molecule has 2 N–H and O–H groups in total. The highest BCUT2D eigenvalue weighted by Crippen LogP contribution is 2.20. The van der Waals surface area contributed by atoms with E-state index in [0.29, 0.717) is 12.5 Å². The minimum absolute atomic E-state index is 0.143. The molecule has 118 valence electrons. The fourth-order valence-electron chi connectivity index (χ4n) is 2.56. The molecule has 1 unspecified atom stereocenters. The van der Waals surface area contributed by atoms with Gasteiger partial charge in [-0.25, -0.2) is 0 Å². The quantitative estimate of drug-likeness (QED) is 0.811. The third kappa shape index (κ3) is 5.65. The van der Waals surface area contributed by atoms with Crippen molar-refractivity contribution in [3.8, 4) is 5.75 Å². The summed E-state index contributed by atoms with van der Waals surface area (Å²) in [5.74, 6) is 1.48. The molecule has 0 aromatic heterocycles. The van der Waals surface area contributed by atoms with Gasteiger partial charge in [0.15, 0.2) is 0 Å². The summed E-state index contributed by atoms with van der Waals surface area (Å²) >= 11 is 0. The summed E-state index contributed by atoms with van der Waals surface area (Å²) in [6.07, 6.45) is 1.87. The SMILES string of the molecule is CC(C)Oc1cccc(C(O)CNCC2CCOCC2)c1. The molecule has 2 rings (SSSR count). The highest BCUT2D eigenvalue weighted by atomic mass is 16.5. The number of aliphatic hydroxyl groups is 1. The normalized spacial score (nSPS) is 17.9. The third-order valence-corrected chi connectivity index (χ3v) is 3.73. The van der Waals surface area contributed by atoms with Gasteiger partial charge < -0.3 is 19.9 Å². The van der Waals surface area contributed by atoms with Gasteiger partial charge in [-0.2, -0.15) is 0 Å². The highest BCUT2D eigenvalue weighted by Gasteiger charge is 2.14. The molecule has 1 aromatic rings. The minimum atomic E-state index is -0.499. The lowest BCUT2D eigenvalue weighted by Crippen LogP contribution is -2.30. The van der Waals surface area contributed by atoms with Crippen LogP contribution < -0.4 is 10.1 Å². The van der Waals surface area contributed by atoms with Crippen molar-refractivity contribution in [2.45, 2.75) is 38.9 Å². The fourth-order valence-corrected chi connectivity index (χ4v) is 2.56. The lowest BCUT2D eigenvalue weighted by molar-refractivity contribution is 0.0649. The Kier molecular flexibility index (Phi) is 6.49. The van der Waals surface area contributed by atoms with Crippen LogP contribution in [0.4, 0.5) is 0 Å². The molecule has 0 bridgehead atoms. The molecule has 1 atom stereocenters. The summed E-state index contributed by atoms with van der Waals surface area (Å²) in [6.45, 7) is 7.25. The first kappa shape index (κ1) is 16.3. The van der Waals surface area contributed by atoms with Crippen molar-refractivity contribution in [1.82, 2.24) is 5.32 Å². The van der Waals surface area contributed by atoms with E-state index in [1.54, 1.807) is 0 Å². The van der Waals surface area contributed by atoms with Gasteiger partial charge >= 0.3 is 0 Å². The molecule has 0 spiro atoms. The molecule has 0 aliphatic carbocycles. The molecule has 0 radical (unpaired) electrons. The molecule has 1 aliphatic rings. The van der Waals surface area contributed by atoms with Crippen molar-refractivity contribution in [1.29, 1.82) is 0 Å². The Labute approximate surface area is 127 Å². The number of ether oxygens (including phenoxy) is 2. The Morgan fingerprint density at radius 1 is 1.33 bits per heavy atom. The molecule has 1 fully saturated rings. The van der Waals surface area contributed by atoms with E-state index in [1.165, 1.54) is 0 Å². The Hall–Kier alpha value is -1.10. The van der Waals surface area contributed by atoms with Gasteiger partial charge in [0.1, 0.15) is 5.75 Å². The van der Waals surface area contributed by atoms with Gasteiger partial charge in [0.05, 0.1) is 12.2 Å². The fraction of sp³-hybridized carbons (Fsp3) is 0.647. The molecule has 0 amide bonds. The van der Waals surface area contributed by atoms with Crippen LogP contribution >= 0.6 is 0 Å². The standard InChI is InChI=1S/C17H27NO3/c1-13(2)21-16-5-3-4-15(10-16)17(19)12-18-11-14-6-8-20-9-7-14/h3-5,10,13-14,17-19H,6-9,11-12H2,1-2H3. The minimum Gasteiger partial charge on any atom is -0.491 e. The van der Waals surface area contributed by atoms with Gasteiger partial charge in [-0.1, -0.05) is 12.1 Å². The lowest BCUT2D eigenvalue weighted by atomic mass is 10.0. The molecule has 1 aromatic carbocycles. The summed E-state index contributed by atoms with van der Waals surface area (Å²) in [5, 5.41) is 13.6. The van der Waals surface area contributed by atoms with Crippen molar-refractivity contribution >= 4 is 0 Å². The van der Waals surface area contributed by atoms with E-state index in [1.807, 2.05) is 38.1 Å². The average Bonchev–Trinajstić information content (AvgIpc) is 2.48. The molecule has 1 aliphatic heterocycles. The largest absolute Gasteiger partial charge is 0.491 e. The van der Waals surface area contributed by atoms with E-state index in [-0.39, 0.29) is 6.10 Å². The zero-order valence-corrected chi connectivity index (χ0v) is 13.0. The molecule has 21 heavy (non-hydrogen) atoms. The number of hydrogen-bond donors (Lipinski definition) is 2. The van der Waals surface area contributed by atoms with Gasteiger partial charge in [0.2, 0.25) is 0 Å². The number of hydrogen-bond acceptors (Lipinski definition) is 4. The van der Waals surface area contributed by atoms with Gasteiger partial charge in [0, 0.05) is 19.8 Å². The molecule has 4 heteroatoms. The first-order valence-electron chi connectivity index (χ1n) is 7.88. The number of nitrogens with one attached hydrogen (secondary N) is 1. The van der Waals surface area contributed by atoms with Crippen molar-refractivity contribution in [2.24, 2.45) is 5.92 Å². The first-order chi connectivity index (χ1) is 10.1. The Balaban J connectivity index is 1.78. The summed E-state index contributed by atoms with van der Waals surface area (Å²) in [6, 6.07) is 7.70. The second-order valence-corrected chi connectivity index (χ2v) is 5.97. The van der Waals surface area contributed by atoms with Crippen molar-refractivity contribution in [3.05, 3.63) is 29.8 Å². The van der Waals surface area contributed by atoms with Crippen LogP contribution in [-0.4, -0.2) is 37.5 Å². The second-order valence-electron chi connectivity index (χ2n) is 5.97. The van der Waals surface area contributed by atoms with Crippen LogP contribution in [-0.2, 0) is 4.74 Å². The van der Waals surface area contributed by atoms with Crippen LogP contribution in [0, 0.1) is 5.92 Å². The van der Waals surface area contributed by atoms with Crippen LogP contribution in [0.2, 0.25) is 0 Å². The van der Waals surface area contributed by atoms with Crippen molar-refractivity contribution in [3.63, 3.8) is 0 Å². The maximum absolute atomic E-state index is 10.3. The van der Waals surface area contributed by atoms with Crippen molar-refractivity contribution in [2.75, 3.05) is 26.3 Å². The van der Waals surface area contributed by atoms with E-state index in [2.05, 4.69) is 5.32 Å². The topological polar surface area (TPSA) is 50.7 Å². The van der Waals surface area contributed by atoms with Crippen LogP contribution in [0.5, 0.6) is 5.75 Å². The van der Waals surface area contributed by atoms with Crippen LogP contribution in [0.3, 0.4) is 0 Å². The Morgan fingerprint density at radius 3 is 2.81 bits per heavy atom. The van der Waals surface area contributed by atoms with Crippen LogP contribution in [0.25, 0.3) is 0 Å². The van der Waals surface area contributed by atoms with E-state index < -0.39 is 6.10 Å². The van der Waals surface area contributed by atoms with Gasteiger partial charge in [-0.3, -0.25) is 0 Å². The van der Waals surface area contributed by atoms with Gasteiger partial charge in [-0.05, 0) is 56.8 Å². The highest BCUT2D eigenvalue weighted by molar-refractivity contribution is 5.30. The van der Waals surface area contributed by atoms with Crippen LogP contribution in [0.1, 0.15) is 38.4 Å². The third-order valence-electron chi connectivity index (χ3n) is 3.73. The molecule has 0 saturated carbocycles. The molecule has 4 nitrogen and oxygen atoms in total. The second kappa shape index (κ2) is 8.37. The smallest absolute Gasteiger partial charge is 0.120 e. The van der Waals surface area contributed by atoms with E-state index >= 15 is 0 Å². The molecular formula is C17H27NO3. The van der Waals surface area contributed by atoms with Gasteiger partial charge in [0.25, 0.3) is 0 Å². The van der Waals surface area contributed by atoms with E-state index in [9.17, 15) is 5.11 Å². The van der Waals surface area contributed by atoms with E-state index in [4.69, 9.17) is 9.47 Å². The summed E-state index contributed by atoms with van der Waals surface area (Å²) in [7, 11) is 0. The summed E-state index contributed by atoms with van der Waals surface area (Å²) < 4.78 is 11.0. The summed E-state index contributed by atoms with van der Waals surface area (Å²) in [4.78, 5) is 0. The maximum Gasteiger partial charge on any atom is 0.120 e. The lowest BCUT2D eigenvalue weighted by Gasteiger charge is -2.23. The number of aliphatic hydroxyl groups excluding tert-OH is 1.